The summed E-state index contributed by atoms with van der Waals surface area (Å²) >= 11 is 0. The highest BCUT2D eigenvalue weighted by Gasteiger charge is 2.30. The molecule has 2 atom stereocenters. The van der Waals surface area contributed by atoms with Crippen LogP contribution in [0.3, 0.4) is 0 Å². The predicted octanol–water partition coefficient (Wildman–Crippen LogP) is -0.217. The van der Waals surface area contributed by atoms with Crippen molar-refractivity contribution in [2.24, 2.45) is 5.73 Å². The smallest absolute Gasteiger partial charge is 0.275 e. The van der Waals surface area contributed by atoms with Crippen LogP contribution in [0.2, 0.25) is 0 Å². The van der Waals surface area contributed by atoms with Crippen molar-refractivity contribution >= 4 is 11.6 Å². The second-order valence-electron chi connectivity index (χ2n) is 3.56. The summed E-state index contributed by atoms with van der Waals surface area (Å²) in [6.07, 6.45) is -3.59. The number of nitrogens with two attached hydrogens (primary N) is 1. The van der Waals surface area contributed by atoms with Gasteiger partial charge in [-0.05, 0) is 12.5 Å². The molecule has 7 heteroatoms. The Kier molecular flexibility index (Phi) is 3.77. The minimum Gasteiger partial charge on any atom is -0.385 e. The molecule has 0 heterocycles. The SMILES string of the molecule is Cc1cccc([N+](=O)[O-])c1C(O)C(O)C(N)=O. The number of benzene rings is 1. The number of amides is 1. The maximum Gasteiger partial charge on any atom is 0.275 e. The molecule has 0 aromatic heterocycles. The lowest BCUT2D eigenvalue weighted by Gasteiger charge is -2.17. The Hall–Kier alpha value is -1.99. The van der Waals surface area contributed by atoms with Crippen LogP contribution < -0.4 is 5.73 Å². The van der Waals surface area contributed by atoms with Gasteiger partial charge in [0.05, 0.1) is 10.5 Å². The number of carbonyl (C=O) groups excluding carboxylic acids is 1. The number of aliphatic hydroxyl groups excluding tert-OH is 2. The zero-order valence-corrected chi connectivity index (χ0v) is 9.03. The van der Waals surface area contributed by atoms with Gasteiger partial charge in [0.15, 0.2) is 6.10 Å². The van der Waals surface area contributed by atoms with Gasteiger partial charge in [0.25, 0.3) is 5.69 Å². The van der Waals surface area contributed by atoms with Crippen LogP contribution in [0.1, 0.15) is 17.2 Å². The Labute approximate surface area is 96.6 Å². The summed E-state index contributed by atoms with van der Waals surface area (Å²) in [7, 11) is 0. The lowest BCUT2D eigenvalue weighted by molar-refractivity contribution is -0.386. The topological polar surface area (TPSA) is 127 Å². The third-order valence-corrected chi connectivity index (χ3v) is 2.38. The van der Waals surface area contributed by atoms with Gasteiger partial charge in [-0.1, -0.05) is 12.1 Å². The average molecular weight is 240 g/mol. The van der Waals surface area contributed by atoms with E-state index in [1.807, 2.05) is 0 Å². The van der Waals surface area contributed by atoms with Crippen LogP contribution in [0.4, 0.5) is 5.69 Å². The van der Waals surface area contributed by atoms with Gasteiger partial charge in [-0.3, -0.25) is 14.9 Å². The van der Waals surface area contributed by atoms with E-state index in [-0.39, 0.29) is 11.3 Å². The second-order valence-corrected chi connectivity index (χ2v) is 3.56. The third-order valence-electron chi connectivity index (χ3n) is 2.38. The molecule has 1 aromatic carbocycles. The average Bonchev–Trinajstić information content (AvgIpc) is 2.26. The van der Waals surface area contributed by atoms with Gasteiger partial charge < -0.3 is 15.9 Å². The Bertz CT molecular complexity index is 460. The van der Waals surface area contributed by atoms with Gasteiger partial charge >= 0.3 is 0 Å². The van der Waals surface area contributed by atoms with Gasteiger partial charge in [-0.15, -0.1) is 0 Å². The van der Waals surface area contributed by atoms with E-state index >= 15 is 0 Å². The quantitative estimate of drug-likeness (QED) is 0.495. The third kappa shape index (κ3) is 2.58. The highest BCUT2D eigenvalue weighted by Crippen LogP contribution is 2.30. The molecular formula is C10H12N2O5. The van der Waals surface area contributed by atoms with E-state index in [2.05, 4.69) is 0 Å². The standard InChI is InChI=1S/C10H12N2O5/c1-5-3-2-4-6(12(16)17)7(5)8(13)9(14)10(11)15/h2-4,8-9,13-14H,1H3,(H2,11,15). The molecule has 0 saturated heterocycles. The number of rotatable bonds is 4. The van der Waals surface area contributed by atoms with E-state index in [1.165, 1.54) is 25.1 Å². The number of aryl methyl sites for hydroxylation is 1. The van der Waals surface area contributed by atoms with Gasteiger partial charge in [0.1, 0.15) is 6.10 Å². The van der Waals surface area contributed by atoms with Gasteiger partial charge in [0, 0.05) is 6.07 Å². The van der Waals surface area contributed by atoms with Crippen molar-refractivity contribution in [3.05, 3.63) is 39.4 Å². The number of nitro groups is 1. The fraction of sp³-hybridized carbons (Fsp3) is 0.300. The number of nitro benzene ring substituents is 1. The van der Waals surface area contributed by atoms with Gasteiger partial charge in [-0.2, -0.15) is 0 Å². The fourth-order valence-corrected chi connectivity index (χ4v) is 1.52. The zero-order valence-electron chi connectivity index (χ0n) is 9.03. The van der Waals surface area contributed by atoms with E-state index in [0.29, 0.717) is 5.56 Å². The van der Waals surface area contributed by atoms with E-state index in [0.717, 1.165) is 0 Å². The summed E-state index contributed by atoms with van der Waals surface area (Å²) in [6.45, 7) is 1.53. The molecule has 1 aromatic rings. The first-order chi connectivity index (χ1) is 7.86. The van der Waals surface area contributed by atoms with Crippen LogP contribution in [-0.4, -0.2) is 27.1 Å². The molecule has 1 rings (SSSR count). The first-order valence-electron chi connectivity index (χ1n) is 4.75. The van der Waals surface area contributed by atoms with Crippen molar-refractivity contribution in [3.63, 3.8) is 0 Å². The van der Waals surface area contributed by atoms with E-state index in [1.54, 1.807) is 0 Å². The fourth-order valence-electron chi connectivity index (χ4n) is 1.52. The highest BCUT2D eigenvalue weighted by molar-refractivity contribution is 5.79. The van der Waals surface area contributed by atoms with Crippen LogP contribution in [0.25, 0.3) is 0 Å². The predicted molar refractivity (Wildman–Crippen MR) is 58.0 cm³/mol. The van der Waals surface area contributed by atoms with E-state index < -0.39 is 23.0 Å². The summed E-state index contributed by atoms with van der Waals surface area (Å²) in [5, 5.41) is 29.8. The number of primary amides is 1. The molecular weight excluding hydrogens is 228 g/mol. The summed E-state index contributed by atoms with van der Waals surface area (Å²) in [5.41, 5.74) is 4.76. The minimum absolute atomic E-state index is 0.108. The van der Waals surface area contributed by atoms with Crippen molar-refractivity contribution in [2.45, 2.75) is 19.1 Å². The molecule has 0 bridgehead atoms. The van der Waals surface area contributed by atoms with Crippen molar-refractivity contribution in [3.8, 4) is 0 Å². The number of aliphatic hydroxyl groups is 2. The van der Waals surface area contributed by atoms with Crippen LogP contribution in [0.5, 0.6) is 0 Å². The number of hydrogen-bond acceptors (Lipinski definition) is 5. The highest BCUT2D eigenvalue weighted by atomic mass is 16.6. The molecule has 92 valence electrons. The summed E-state index contributed by atoms with van der Waals surface area (Å²) in [4.78, 5) is 20.8. The number of hydrogen-bond donors (Lipinski definition) is 3. The maximum atomic E-state index is 10.8. The molecule has 2 unspecified atom stereocenters. The monoisotopic (exact) mass is 240 g/mol. The van der Waals surface area contributed by atoms with Crippen molar-refractivity contribution in [1.82, 2.24) is 0 Å². The van der Waals surface area contributed by atoms with Crippen LogP contribution >= 0.6 is 0 Å². The lowest BCUT2D eigenvalue weighted by Crippen LogP contribution is -2.34. The molecule has 0 aliphatic heterocycles. The maximum absolute atomic E-state index is 10.8. The normalized spacial score (nSPS) is 14.1. The molecule has 0 spiro atoms. The first kappa shape index (κ1) is 13.1. The second kappa shape index (κ2) is 4.89. The Balaban J connectivity index is 3.29. The molecule has 0 aliphatic rings. The molecule has 0 saturated carbocycles. The van der Waals surface area contributed by atoms with E-state index in [9.17, 15) is 25.1 Å². The number of carbonyl (C=O) groups is 1. The molecule has 0 fully saturated rings. The van der Waals surface area contributed by atoms with Gasteiger partial charge in [-0.25, -0.2) is 0 Å². The minimum atomic E-state index is -1.88. The summed E-state index contributed by atoms with van der Waals surface area (Å²) < 4.78 is 0. The molecule has 1 amide bonds. The van der Waals surface area contributed by atoms with Crippen LogP contribution in [-0.2, 0) is 4.79 Å². The van der Waals surface area contributed by atoms with Crippen molar-refractivity contribution in [1.29, 1.82) is 0 Å². The summed E-state index contributed by atoms with van der Waals surface area (Å²) in [6, 6.07) is 4.15. The summed E-state index contributed by atoms with van der Waals surface area (Å²) in [5.74, 6) is -1.14. The van der Waals surface area contributed by atoms with Crippen molar-refractivity contribution < 1.29 is 19.9 Å². The first-order valence-corrected chi connectivity index (χ1v) is 4.75. The van der Waals surface area contributed by atoms with Crippen molar-refractivity contribution in [2.75, 3.05) is 0 Å². The van der Waals surface area contributed by atoms with Gasteiger partial charge in [0.2, 0.25) is 5.91 Å². The Morgan fingerprint density at radius 2 is 2.06 bits per heavy atom. The molecule has 4 N–H and O–H groups in total. The Morgan fingerprint density at radius 3 is 2.53 bits per heavy atom. The molecule has 0 aliphatic carbocycles. The van der Waals surface area contributed by atoms with Crippen LogP contribution in [0, 0.1) is 17.0 Å². The van der Waals surface area contributed by atoms with Crippen LogP contribution in [0.15, 0.2) is 18.2 Å². The Morgan fingerprint density at radius 1 is 1.47 bits per heavy atom. The lowest BCUT2D eigenvalue weighted by atomic mass is 9.97. The molecule has 0 radical (unpaired) electrons. The molecule has 17 heavy (non-hydrogen) atoms. The zero-order chi connectivity index (χ0) is 13.2. The largest absolute Gasteiger partial charge is 0.385 e. The number of nitrogens with zero attached hydrogens (tertiary/aromatic N) is 1. The molecule has 7 nitrogen and oxygen atoms in total. The van der Waals surface area contributed by atoms with E-state index in [4.69, 9.17) is 5.73 Å².